The molecule has 0 bridgehead atoms. The zero-order chi connectivity index (χ0) is 15.7. The molecule has 0 saturated carbocycles. The van der Waals surface area contributed by atoms with Crippen LogP contribution in [0, 0.1) is 0 Å². The molecule has 0 radical (unpaired) electrons. The van der Waals surface area contributed by atoms with Crippen molar-refractivity contribution in [1.29, 1.82) is 0 Å². The number of rotatable bonds is 4. The van der Waals surface area contributed by atoms with Crippen LogP contribution in [-0.2, 0) is 14.8 Å². The molecule has 0 heterocycles. The molecular weight excluding hydrogens is 268 g/mol. The van der Waals surface area contributed by atoms with Crippen molar-refractivity contribution in [1.82, 2.24) is 9.62 Å². The molecule has 0 saturated heterocycles. The van der Waals surface area contributed by atoms with Gasteiger partial charge in [-0.1, -0.05) is 20.8 Å². The number of amides is 1. The van der Waals surface area contributed by atoms with Gasteiger partial charge in [0.05, 0.1) is 6.26 Å². The molecule has 0 aliphatic rings. The first-order chi connectivity index (χ1) is 8.45. The van der Waals surface area contributed by atoms with Crippen molar-refractivity contribution in [2.75, 3.05) is 25.9 Å². The van der Waals surface area contributed by atoms with Gasteiger partial charge in [0, 0.05) is 0 Å². The molecule has 0 aromatic rings. The van der Waals surface area contributed by atoms with E-state index in [1.54, 1.807) is 25.5 Å². The molecule has 1 amide bonds. The molecule has 0 aromatic heterocycles. The van der Waals surface area contributed by atoms with Crippen molar-refractivity contribution in [3.8, 4) is 0 Å². The molecule has 0 aliphatic carbocycles. The average Bonchev–Trinajstić information content (AvgIpc) is 2.15. The predicted octanol–water partition coefficient (Wildman–Crippen LogP) is 1.82. The lowest BCUT2D eigenvalue weighted by Gasteiger charge is -2.18. The molecule has 1 N–H and O–H groups in total. The maximum atomic E-state index is 10.8. The first-order valence-electron chi connectivity index (χ1n) is 6.38. The van der Waals surface area contributed by atoms with Crippen LogP contribution in [-0.4, -0.2) is 50.9 Å². The van der Waals surface area contributed by atoms with Crippen LogP contribution in [0.5, 0.6) is 0 Å². The Kier molecular flexibility index (Phi) is 9.86. The highest BCUT2D eigenvalue weighted by Gasteiger charge is 2.18. The monoisotopic (exact) mass is 296 g/mol. The number of hydrogen-bond donors (Lipinski definition) is 1. The van der Waals surface area contributed by atoms with Crippen molar-refractivity contribution < 1.29 is 17.9 Å². The van der Waals surface area contributed by atoms with Gasteiger partial charge >= 0.3 is 6.09 Å². The smallest absolute Gasteiger partial charge is 0.421 e. The summed E-state index contributed by atoms with van der Waals surface area (Å²) in [5.41, 5.74) is -0.686. The summed E-state index contributed by atoms with van der Waals surface area (Å²) >= 11 is 0. The second-order valence-electron chi connectivity index (χ2n) is 5.00. The average molecular weight is 296 g/mol. The molecule has 7 heteroatoms. The lowest BCUT2D eigenvalue weighted by molar-refractivity contribution is 0.0570. The lowest BCUT2D eigenvalue weighted by Crippen LogP contribution is -2.35. The maximum absolute atomic E-state index is 10.8. The molecule has 0 unspecified atom stereocenters. The van der Waals surface area contributed by atoms with Crippen LogP contribution in [0.15, 0.2) is 0 Å². The van der Waals surface area contributed by atoms with Crippen molar-refractivity contribution in [3.63, 3.8) is 0 Å². The Morgan fingerprint density at radius 3 is 1.63 bits per heavy atom. The van der Waals surface area contributed by atoms with E-state index in [1.165, 1.54) is 19.6 Å². The second-order valence-corrected chi connectivity index (χ2v) is 6.74. The van der Waals surface area contributed by atoms with Gasteiger partial charge in [0.2, 0.25) is 10.0 Å². The van der Waals surface area contributed by atoms with Crippen LogP contribution >= 0.6 is 0 Å². The normalized spacial score (nSPS) is 11.6. The zero-order valence-electron chi connectivity index (χ0n) is 13.1. The number of carbonyl (C=O) groups is 1. The Hall–Kier alpha value is -0.820. The summed E-state index contributed by atoms with van der Waals surface area (Å²) < 4.78 is 27.4. The van der Waals surface area contributed by atoms with Crippen molar-refractivity contribution in [2.45, 2.75) is 47.1 Å². The predicted molar refractivity (Wildman–Crippen MR) is 77.7 cm³/mol. The van der Waals surface area contributed by atoms with E-state index in [9.17, 15) is 13.2 Å². The first-order valence-corrected chi connectivity index (χ1v) is 8.27. The second kappa shape index (κ2) is 9.14. The molecule has 0 rings (SSSR count). The van der Waals surface area contributed by atoms with Gasteiger partial charge in [0.15, 0.2) is 0 Å². The third kappa shape index (κ3) is 17.2. The minimum Gasteiger partial charge on any atom is -0.443 e. The molecule has 6 nitrogen and oxygen atoms in total. The van der Waals surface area contributed by atoms with Gasteiger partial charge in [-0.15, -0.1) is 0 Å². The number of hydrogen-bond acceptors (Lipinski definition) is 5. The largest absolute Gasteiger partial charge is 0.443 e. The molecule has 0 fully saturated rings. The van der Waals surface area contributed by atoms with Crippen molar-refractivity contribution >= 4 is 16.1 Å². The Morgan fingerprint density at radius 1 is 1.11 bits per heavy atom. The van der Waals surface area contributed by atoms with Gasteiger partial charge in [-0.3, -0.25) is 0 Å². The summed E-state index contributed by atoms with van der Waals surface area (Å²) in [4.78, 5) is 13.1. The molecule has 0 atom stereocenters. The molecular formula is C12H28N2O4S. The van der Waals surface area contributed by atoms with Crippen LogP contribution in [0.2, 0.25) is 0 Å². The Bertz CT molecular complexity index is 338. The van der Waals surface area contributed by atoms with Crippen LogP contribution < -0.4 is 4.72 Å². The van der Waals surface area contributed by atoms with Gasteiger partial charge in [-0.2, -0.15) is 0 Å². The highest BCUT2D eigenvalue weighted by atomic mass is 32.2. The Morgan fingerprint density at radius 2 is 1.47 bits per heavy atom. The van der Waals surface area contributed by atoms with E-state index in [-0.39, 0.29) is 0 Å². The fourth-order valence-electron chi connectivity index (χ4n) is 1.12. The first kappa shape index (κ1) is 20.5. The highest BCUT2D eigenvalue weighted by Crippen LogP contribution is 2.06. The molecule has 0 aromatic carbocycles. The van der Waals surface area contributed by atoms with E-state index in [0.29, 0.717) is 0 Å². The van der Waals surface area contributed by atoms with E-state index < -0.39 is 21.7 Å². The van der Waals surface area contributed by atoms with E-state index in [0.717, 1.165) is 6.26 Å². The van der Waals surface area contributed by atoms with Crippen LogP contribution in [0.3, 0.4) is 0 Å². The minimum absolute atomic E-state index is 0.686. The van der Waals surface area contributed by atoms with Crippen LogP contribution in [0.25, 0.3) is 0 Å². The number of nitrogens with zero attached hydrogens (tertiary/aromatic N) is 1. The summed E-state index contributed by atoms with van der Waals surface area (Å²) in [6.45, 7) is 15.1. The fraction of sp³-hybridized carbons (Fsp3) is 0.917. The SMILES string of the molecule is CC(C)(C)OC(=O)NS(C)(=O)=O.CCN(CC)CC. The third-order valence-corrected chi connectivity index (χ3v) is 2.55. The van der Waals surface area contributed by atoms with E-state index in [1.807, 2.05) is 0 Å². The maximum Gasteiger partial charge on any atom is 0.421 e. The molecule has 19 heavy (non-hydrogen) atoms. The Balaban J connectivity index is 0. The summed E-state index contributed by atoms with van der Waals surface area (Å²) in [5.74, 6) is 0. The molecule has 0 spiro atoms. The number of ether oxygens (including phenoxy) is 1. The van der Waals surface area contributed by atoms with Crippen molar-refractivity contribution in [3.05, 3.63) is 0 Å². The van der Waals surface area contributed by atoms with Crippen LogP contribution in [0.1, 0.15) is 41.5 Å². The number of nitrogens with one attached hydrogen (secondary N) is 1. The van der Waals surface area contributed by atoms with Gasteiger partial charge in [0.25, 0.3) is 0 Å². The summed E-state index contributed by atoms with van der Waals surface area (Å²) in [6, 6.07) is 0. The summed E-state index contributed by atoms with van der Waals surface area (Å²) in [6.07, 6.45) is -0.0679. The van der Waals surface area contributed by atoms with E-state index in [4.69, 9.17) is 0 Å². The number of carbonyl (C=O) groups excluding carboxylic acids is 1. The topological polar surface area (TPSA) is 75.7 Å². The zero-order valence-corrected chi connectivity index (χ0v) is 13.9. The molecule has 0 aliphatic heterocycles. The lowest BCUT2D eigenvalue weighted by atomic mass is 10.2. The van der Waals surface area contributed by atoms with Gasteiger partial charge in [-0.25, -0.2) is 17.9 Å². The van der Waals surface area contributed by atoms with E-state index in [2.05, 4.69) is 30.4 Å². The fourth-order valence-corrected chi connectivity index (χ4v) is 1.47. The van der Waals surface area contributed by atoms with Gasteiger partial charge in [-0.05, 0) is 40.4 Å². The van der Waals surface area contributed by atoms with E-state index >= 15 is 0 Å². The third-order valence-electron chi connectivity index (χ3n) is 2.01. The highest BCUT2D eigenvalue weighted by molar-refractivity contribution is 7.89. The van der Waals surface area contributed by atoms with Crippen LogP contribution in [0.4, 0.5) is 4.79 Å². The quantitative estimate of drug-likeness (QED) is 0.856. The summed E-state index contributed by atoms with van der Waals surface area (Å²) in [7, 11) is -3.52. The van der Waals surface area contributed by atoms with Gasteiger partial charge in [0.1, 0.15) is 5.60 Å². The minimum atomic E-state index is -3.52. The number of sulfonamides is 1. The van der Waals surface area contributed by atoms with Crippen molar-refractivity contribution in [2.24, 2.45) is 0 Å². The summed E-state index contributed by atoms with van der Waals surface area (Å²) in [5, 5.41) is 0. The Labute approximate surface area is 117 Å². The van der Waals surface area contributed by atoms with Gasteiger partial charge < -0.3 is 9.64 Å². The molecule has 116 valence electrons. The standard InChI is InChI=1S/C6H13NO4S.C6H15N/c1-6(2,3)11-5(8)7-12(4,9)10;1-4-7(5-2)6-3/h1-4H3,(H,7,8);4-6H2,1-3H3.